The lowest BCUT2D eigenvalue weighted by Gasteiger charge is -2.27. The molecule has 1 fully saturated rings. The molecule has 4 rings (SSSR count). The van der Waals surface area contributed by atoms with Crippen LogP contribution in [0.3, 0.4) is 0 Å². The van der Waals surface area contributed by atoms with Crippen molar-refractivity contribution >= 4 is 11.9 Å². The highest BCUT2D eigenvalue weighted by Gasteiger charge is 2.31. The van der Waals surface area contributed by atoms with Gasteiger partial charge in [0.1, 0.15) is 0 Å². The van der Waals surface area contributed by atoms with Crippen LogP contribution in [0.2, 0.25) is 0 Å². The second-order valence-electron chi connectivity index (χ2n) is 8.44. The van der Waals surface area contributed by atoms with Crippen LogP contribution in [0.25, 0.3) is 22.5 Å². The first-order chi connectivity index (χ1) is 16.2. The zero-order valence-electron chi connectivity index (χ0n) is 19.0. The lowest BCUT2D eigenvalue weighted by atomic mass is 9.98. The summed E-state index contributed by atoms with van der Waals surface area (Å²) in [6.45, 7) is 2.42. The van der Waals surface area contributed by atoms with E-state index in [1.807, 2.05) is 48.5 Å². The molecule has 3 amide bonds. The van der Waals surface area contributed by atoms with Gasteiger partial charge in [0.15, 0.2) is 0 Å². The lowest BCUT2D eigenvalue weighted by Crippen LogP contribution is -2.48. The molecule has 2 aromatic carbocycles. The number of hydrogen-bond acceptors (Lipinski definition) is 5. The highest BCUT2D eigenvalue weighted by atomic mass is 16.2. The van der Waals surface area contributed by atoms with Gasteiger partial charge in [-0.1, -0.05) is 74.7 Å². The van der Waals surface area contributed by atoms with E-state index in [1.165, 1.54) is 4.90 Å². The molecule has 3 aromatic rings. The minimum Gasteiger partial charge on any atom is -0.334 e. The molecule has 1 aliphatic rings. The number of imide groups is 1. The van der Waals surface area contributed by atoms with E-state index in [4.69, 9.17) is 0 Å². The molecule has 2 N–H and O–H groups in total. The van der Waals surface area contributed by atoms with Gasteiger partial charge in [-0.15, -0.1) is 10.2 Å². The number of benzene rings is 2. The maximum atomic E-state index is 12.9. The Kier molecular flexibility index (Phi) is 7.44. The van der Waals surface area contributed by atoms with Crippen LogP contribution >= 0.6 is 0 Å². The number of nitrogens with zero attached hydrogens (tertiary/aromatic N) is 4. The van der Waals surface area contributed by atoms with Gasteiger partial charge in [0.2, 0.25) is 11.7 Å². The largest absolute Gasteiger partial charge is 0.334 e. The van der Waals surface area contributed by atoms with E-state index >= 15 is 0 Å². The number of amides is 3. The summed E-state index contributed by atoms with van der Waals surface area (Å²) in [6, 6.07) is 15.6. The van der Waals surface area contributed by atoms with Crippen LogP contribution in [0.5, 0.6) is 0 Å². The number of carbonyl (C=O) groups is 2. The fourth-order valence-electron chi connectivity index (χ4n) is 4.36. The van der Waals surface area contributed by atoms with Gasteiger partial charge in [0, 0.05) is 24.6 Å². The summed E-state index contributed by atoms with van der Waals surface area (Å²) < 4.78 is 0. The summed E-state index contributed by atoms with van der Waals surface area (Å²) in [4.78, 5) is 27.1. The third-order valence-electron chi connectivity index (χ3n) is 6.14. The highest BCUT2D eigenvalue weighted by Crippen LogP contribution is 2.30. The van der Waals surface area contributed by atoms with Gasteiger partial charge in [-0.05, 0) is 41.2 Å². The predicted molar refractivity (Wildman–Crippen MR) is 126 cm³/mol. The van der Waals surface area contributed by atoms with Crippen LogP contribution in [-0.2, 0) is 11.3 Å². The average Bonchev–Trinajstić information content (AvgIpc) is 3.57. The molecule has 0 saturated heterocycles. The van der Waals surface area contributed by atoms with Crippen molar-refractivity contribution in [2.45, 2.75) is 64.5 Å². The molecule has 8 heteroatoms. The van der Waals surface area contributed by atoms with Crippen molar-refractivity contribution in [3.05, 3.63) is 54.1 Å². The summed E-state index contributed by atoms with van der Waals surface area (Å²) in [5, 5.41) is 17.3. The minimum absolute atomic E-state index is 0.0263. The summed E-state index contributed by atoms with van der Waals surface area (Å²) in [7, 11) is 0. The number of aromatic amines is 1. The molecular weight excluding hydrogens is 416 g/mol. The van der Waals surface area contributed by atoms with Gasteiger partial charge >= 0.3 is 6.03 Å². The molecule has 1 aromatic heterocycles. The number of urea groups is 1. The van der Waals surface area contributed by atoms with E-state index in [2.05, 4.69) is 32.9 Å². The smallest absolute Gasteiger partial charge is 0.324 e. The molecule has 172 valence electrons. The van der Waals surface area contributed by atoms with Gasteiger partial charge in [-0.25, -0.2) is 4.79 Å². The number of H-pyrrole nitrogens is 1. The van der Waals surface area contributed by atoms with Crippen LogP contribution in [0.4, 0.5) is 4.79 Å². The Morgan fingerprint density at radius 1 is 1.06 bits per heavy atom. The Hall–Kier alpha value is -3.55. The van der Waals surface area contributed by atoms with Crippen molar-refractivity contribution in [1.82, 2.24) is 30.8 Å². The van der Waals surface area contributed by atoms with Crippen LogP contribution in [-0.4, -0.2) is 43.5 Å². The van der Waals surface area contributed by atoms with Crippen LogP contribution in [0.15, 0.2) is 48.5 Å². The van der Waals surface area contributed by atoms with E-state index in [0.29, 0.717) is 18.8 Å². The first kappa shape index (κ1) is 22.6. The number of unbranched alkanes of at least 4 members (excludes halogenated alkanes) is 1. The first-order valence-corrected chi connectivity index (χ1v) is 11.7. The summed E-state index contributed by atoms with van der Waals surface area (Å²) in [5.74, 6) is 0.483. The molecule has 0 unspecified atom stereocenters. The molecule has 0 bridgehead atoms. The second-order valence-corrected chi connectivity index (χ2v) is 8.44. The summed E-state index contributed by atoms with van der Waals surface area (Å²) >= 11 is 0. The summed E-state index contributed by atoms with van der Waals surface area (Å²) in [6.07, 6.45) is 6.12. The topological polar surface area (TPSA) is 104 Å². The monoisotopic (exact) mass is 446 g/mol. The summed E-state index contributed by atoms with van der Waals surface area (Å²) in [5.41, 5.74) is 3.89. The molecule has 1 saturated carbocycles. The minimum atomic E-state index is -0.283. The molecule has 8 nitrogen and oxygen atoms in total. The van der Waals surface area contributed by atoms with E-state index in [-0.39, 0.29) is 18.0 Å². The van der Waals surface area contributed by atoms with Crippen LogP contribution in [0.1, 0.15) is 57.4 Å². The molecule has 33 heavy (non-hydrogen) atoms. The Labute approximate surface area is 193 Å². The van der Waals surface area contributed by atoms with E-state index in [9.17, 15) is 9.59 Å². The molecule has 1 aliphatic carbocycles. The van der Waals surface area contributed by atoms with Crippen molar-refractivity contribution in [2.24, 2.45) is 0 Å². The molecule has 0 spiro atoms. The van der Waals surface area contributed by atoms with Gasteiger partial charge in [-0.3, -0.25) is 9.69 Å². The maximum absolute atomic E-state index is 12.9. The van der Waals surface area contributed by atoms with Crippen LogP contribution in [0, 0.1) is 0 Å². The fraction of sp³-hybridized carbons (Fsp3) is 0.400. The Morgan fingerprint density at radius 2 is 1.79 bits per heavy atom. The molecule has 0 aliphatic heterocycles. The van der Waals surface area contributed by atoms with Crippen molar-refractivity contribution < 1.29 is 9.59 Å². The molecule has 1 heterocycles. The van der Waals surface area contributed by atoms with Gasteiger partial charge in [0.05, 0.1) is 0 Å². The molecule has 0 atom stereocenters. The number of hydrogen-bond donors (Lipinski definition) is 2. The Morgan fingerprint density at radius 3 is 2.45 bits per heavy atom. The van der Waals surface area contributed by atoms with E-state index < -0.39 is 0 Å². The number of carbonyl (C=O) groups excluding carboxylic acids is 2. The lowest BCUT2D eigenvalue weighted by molar-refractivity contribution is -0.130. The van der Waals surface area contributed by atoms with Gasteiger partial charge < -0.3 is 5.32 Å². The van der Waals surface area contributed by atoms with Crippen molar-refractivity contribution in [1.29, 1.82) is 0 Å². The molecule has 0 radical (unpaired) electrons. The third-order valence-corrected chi connectivity index (χ3v) is 6.14. The number of tetrazole rings is 1. The Balaban J connectivity index is 1.43. The van der Waals surface area contributed by atoms with Crippen LogP contribution < -0.4 is 5.32 Å². The third kappa shape index (κ3) is 5.45. The average molecular weight is 447 g/mol. The fourth-order valence-corrected chi connectivity index (χ4v) is 4.36. The predicted octanol–water partition coefficient (Wildman–Crippen LogP) is 4.70. The quantitative estimate of drug-likeness (QED) is 0.522. The standard InChI is InChI=1S/C25H30N6O2/c1-2-3-12-23(32)31(20-8-4-5-9-20)25(33)26-17-18-13-15-19(16-14-18)21-10-6-7-11-22(21)24-27-29-30-28-24/h6-7,10-11,13-16,20H,2-5,8-9,12,17H2,1H3,(H,26,33)(H,27,28,29,30). The van der Waals surface area contributed by atoms with Gasteiger partial charge in [-0.2, -0.15) is 5.21 Å². The number of rotatable bonds is 8. The maximum Gasteiger partial charge on any atom is 0.324 e. The first-order valence-electron chi connectivity index (χ1n) is 11.7. The SMILES string of the molecule is CCCCC(=O)N(C(=O)NCc1ccc(-c2ccccc2-c2nn[nH]n2)cc1)C1CCCC1. The van der Waals surface area contributed by atoms with Crippen molar-refractivity contribution in [3.8, 4) is 22.5 Å². The van der Waals surface area contributed by atoms with Gasteiger partial charge in [0.25, 0.3) is 0 Å². The van der Waals surface area contributed by atoms with E-state index in [1.54, 1.807) is 0 Å². The number of aromatic nitrogens is 4. The second kappa shape index (κ2) is 10.8. The van der Waals surface area contributed by atoms with Crippen molar-refractivity contribution in [2.75, 3.05) is 0 Å². The zero-order chi connectivity index (χ0) is 23.0. The zero-order valence-corrected chi connectivity index (χ0v) is 19.0. The normalized spacial score (nSPS) is 13.7. The highest BCUT2D eigenvalue weighted by molar-refractivity contribution is 5.94. The van der Waals surface area contributed by atoms with E-state index in [0.717, 1.165) is 60.8 Å². The van der Waals surface area contributed by atoms with Crippen molar-refractivity contribution in [3.63, 3.8) is 0 Å². The Bertz CT molecular complexity index is 1060. The number of nitrogens with one attached hydrogen (secondary N) is 2. The molecular formula is C25H30N6O2.